The summed E-state index contributed by atoms with van der Waals surface area (Å²) in [6.45, 7) is 1.93. The summed E-state index contributed by atoms with van der Waals surface area (Å²) < 4.78 is 0. The molecular weight excluding hydrogens is 242 g/mol. The average Bonchev–Trinajstić information content (AvgIpc) is 2.16. The second kappa shape index (κ2) is 5.54. The van der Waals surface area contributed by atoms with E-state index >= 15 is 0 Å². The Bertz CT molecular complexity index is 339. The molecule has 0 heterocycles. The molecule has 0 amide bonds. The fourth-order valence-corrected chi connectivity index (χ4v) is 1.26. The van der Waals surface area contributed by atoms with Crippen LogP contribution in [0.25, 0.3) is 0 Å². The lowest BCUT2D eigenvalue weighted by Gasteiger charge is -1.99. The van der Waals surface area contributed by atoms with Crippen molar-refractivity contribution < 1.29 is 0 Å². The molecule has 0 aliphatic carbocycles. The maximum absolute atomic E-state index is 5.87. The van der Waals surface area contributed by atoms with Crippen molar-refractivity contribution in [3.05, 3.63) is 28.2 Å². The molecule has 0 aliphatic heterocycles. The lowest BCUT2D eigenvalue weighted by Crippen LogP contribution is -1.86. The van der Waals surface area contributed by atoms with Crippen LogP contribution in [-0.4, -0.2) is 5.50 Å². The molecule has 0 bridgehead atoms. The SMILES string of the molecule is CCC(Cl)N=Nc1ccc(Cl)cc1Cl. The molecule has 1 unspecified atom stereocenters. The highest BCUT2D eigenvalue weighted by Crippen LogP contribution is 2.28. The normalized spacial score (nSPS) is 13.4. The Morgan fingerprint density at radius 2 is 2.07 bits per heavy atom. The summed E-state index contributed by atoms with van der Waals surface area (Å²) in [6.07, 6.45) is 0.732. The van der Waals surface area contributed by atoms with Crippen molar-refractivity contribution in [1.82, 2.24) is 0 Å². The van der Waals surface area contributed by atoms with E-state index in [1.807, 2.05) is 6.92 Å². The molecule has 76 valence electrons. The van der Waals surface area contributed by atoms with Gasteiger partial charge in [0.25, 0.3) is 0 Å². The molecule has 0 saturated heterocycles. The van der Waals surface area contributed by atoms with Crippen LogP contribution in [0.1, 0.15) is 13.3 Å². The summed E-state index contributed by atoms with van der Waals surface area (Å²) in [4.78, 5) is 0. The van der Waals surface area contributed by atoms with E-state index in [0.29, 0.717) is 15.7 Å². The molecule has 14 heavy (non-hydrogen) atoms. The average molecular weight is 252 g/mol. The number of rotatable bonds is 3. The number of azo groups is 1. The van der Waals surface area contributed by atoms with E-state index in [1.165, 1.54) is 0 Å². The predicted molar refractivity (Wildman–Crippen MR) is 60.9 cm³/mol. The molecule has 1 aromatic rings. The molecule has 5 heteroatoms. The number of alkyl halides is 1. The summed E-state index contributed by atoms with van der Waals surface area (Å²) in [7, 11) is 0. The third-order valence-corrected chi connectivity index (χ3v) is 2.47. The summed E-state index contributed by atoms with van der Waals surface area (Å²) in [6, 6.07) is 5.02. The molecule has 0 spiro atoms. The number of nitrogens with zero attached hydrogens (tertiary/aromatic N) is 2. The Balaban J connectivity index is 2.82. The van der Waals surface area contributed by atoms with Gasteiger partial charge in [0, 0.05) is 5.02 Å². The van der Waals surface area contributed by atoms with Crippen LogP contribution in [0.2, 0.25) is 10.0 Å². The van der Waals surface area contributed by atoms with Gasteiger partial charge in [-0.15, -0.1) is 0 Å². The van der Waals surface area contributed by atoms with Gasteiger partial charge in [-0.05, 0) is 24.6 Å². The molecule has 0 fully saturated rings. The molecule has 0 radical (unpaired) electrons. The maximum Gasteiger partial charge on any atom is 0.144 e. The van der Waals surface area contributed by atoms with Gasteiger partial charge < -0.3 is 0 Å². The van der Waals surface area contributed by atoms with Crippen LogP contribution in [0, 0.1) is 0 Å². The highest BCUT2D eigenvalue weighted by Gasteiger charge is 2.01. The van der Waals surface area contributed by atoms with Gasteiger partial charge in [0.2, 0.25) is 0 Å². The summed E-state index contributed by atoms with van der Waals surface area (Å²) >= 11 is 17.4. The fraction of sp³-hybridized carbons (Fsp3) is 0.333. The monoisotopic (exact) mass is 250 g/mol. The van der Waals surface area contributed by atoms with Crippen molar-refractivity contribution in [2.45, 2.75) is 18.8 Å². The number of hydrogen-bond donors (Lipinski definition) is 0. The van der Waals surface area contributed by atoms with Crippen molar-refractivity contribution >= 4 is 40.5 Å². The van der Waals surface area contributed by atoms with Gasteiger partial charge in [-0.25, -0.2) is 0 Å². The zero-order chi connectivity index (χ0) is 10.6. The Kier molecular flexibility index (Phi) is 4.66. The van der Waals surface area contributed by atoms with Gasteiger partial charge in [-0.2, -0.15) is 10.2 Å². The summed E-state index contributed by atoms with van der Waals surface area (Å²) in [5.41, 5.74) is 0.275. The van der Waals surface area contributed by atoms with E-state index in [9.17, 15) is 0 Å². The Morgan fingerprint density at radius 3 is 2.64 bits per heavy atom. The standard InChI is InChI=1S/C9H9Cl3N2/c1-2-9(12)14-13-8-4-3-6(10)5-7(8)11/h3-5,9H,2H2,1H3. The van der Waals surface area contributed by atoms with Crippen LogP contribution in [-0.2, 0) is 0 Å². The van der Waals surface area contributed by atoms with E-state index in [2.05, 4.69) is 10.2 Å². The molecule has 0 N–H and O–H groups in total. The third-order valence-electron chi connectivity index (χ3n) is 1.54. The summed E-state index contributed by atoms with van der Waals surface area (Å²) in [5.74, 6) is 0. The number of hydrogen-bond acceptors (Lipinski definition) is 2. The van der Waals surface area contributed by atoms with Crippen LogP contribution in [0.3, 0.4) is 0 Å². The van der Waals surface area contributed by atoms with Gasteiger partial charge in [-0.3, -0.25) is 0 Å². The lowest BCUT2D eigenvalue weighted by atomic mass is 10.3. The molecule has 0 aromatic heterocycles. The van der Waals surface area contributed by atoms with E-state index in [4.69, 9.17) is 34.8 Å². The van der Waals surface area contributed by atoms with Gasteiger partial charge in [-0.1, -0.05) is 41.7 Å². The largest absolute Gasteiger partial charge is 0.169 e. The van der Waals surface area contributed by atoms with Gasteiger partial charge in [0.15, 0.2) is 0 Å². The molecular formula is C9H9Cl3N2. The maximum atomic E-state index is 5.87. The molecule has 2 nitrogen and oxygen atoms in total. The van der Waals surface area contributed by atoms with Crippen LogP contribution in [0.5, 0.6) is 0 Å². The van der Waals surface area contributed by atoms with Crippen molar-refractivity contribution in [3.63, 3.8) is 0 Å². The van der Waals surface area contributed by atoms with Crippen LogP contribution < -0.4 is 0 Å². The van der Waals surface area contributed by atoms with E-state index in [1.54, 1.807) is 18.2 Å². The molecule has 0 aliphatic rings. The second-order valence-electron chi connectivity index (χ2n) is 2.65. The van der Waals surface area contributed by atoms with Gasteiger partial charge in [0.05, 0.1) is 5.02 Å². The minimum atomic E-state index is -0.304. The van der Waals surface area contributed by atoms with E-state index in [0.717, 1.165) is 6.42 Å². The fourth-order valence-electron chi connectivity index (χ4n) is 0.769. The smallest absolute Gasteiger partial charge is 0.144 e. The van der Waals surface area contributed by atoms with Gasteiger partial charge >= 0.3 is 0 Å². The Morgan fingerprint density at radius 1 is 1.36 bits per heavy atom. The lowest BCUT2D eigenvalue weighted by molar-refractivity contribution is 0.809. The van der Waals surface area contributed by atoms with Crippen LogP contribution in [0.4, 0.5) is 5.69 Å². The minimum absolute atomic E-state index is 0.304. The number of halogens is 3. The van der Waals surface area contributed by atoms with E-state index < -0.39 is 0 Å². The first-order valence-corrected chi connectivity index (χ1v) is 5.32. The molecule has 1 rings (SSSR count). The Hall–Kier alpha value is -0.310. The topological polar surface area (TPSA) is 24.7 Å². The zero-order valence-electron chi connectivity index (χ0n) is 7.54. The summed E-state index contributed by atoms with van der Waals surface area (Å²) in [5, 5.41) is 8.84. The van der Waals surface area contributed by atoms with Crippen LogP contribution in [0.15, 0.2) is 28.4 Å². The van der Waals surface area contributed by atoms with Crippen LogP contribution >= 0.6 is 34.8 Å². The van der Waals surface area contributed by atoms with Crippen molar-refractivity contribution in [2.24, 2.45) is 10.2 Å². The predicted octanol–water partition coefficient (Wildman–Crippen LogP) is 5.05. The highest BCUT2D eigenvalue weighted by molar-refractivity contribution is 6.36. The first kappa shape index (κ1) is 11.8. The second-order valence-corrected chi connectivity index (χ2v) is 4.00. The van der Waals surface area contributed by atoms with Gasteiger partial charge in [0.1, 0.15) is 11.2 Å². The highest BCUT2D eigenvalue weighted by atomic mass is 35.5. The molecule has 1 aromatic carbocycles. The zero-order valence-corrected chi connectivity index (χ0v) is 9.81. The molecule has 1 atom stereocenters. The molecule has 0 saturated carbocycles. The third kappa shape index (κ3) is 3.45. The minimum Gasteiger partial charge on any atom is -0.169 e. The van der Waals surface area contributed by atoms with Crippen molar-refractivity contribution in [3.8, 4) is 0 Å². The quantitative estimate of drug-likeness (QED) is 0.408. The van der Waals surface area contributed by atoms with Crippen molar-refractivity contribution in [2.75, 3.05) is 0 Å². The first-order chi connectivity index (χ1) is 6.63. The first-order valence-electron chi connectivity index (χ1n) is 4.13. The van der Waals surface area contributed by atoms with Crippen molar-refractivity contribution in [1.29, 1.82) is 0 Å². The Labute approximate surface area is 97.9 Å². The van der Waals surface area contributed by atoms with E-state index in [-0.39, 0.29) is 5.50 Å². The number of benzene rings is 1.